The van der Waals surface area contributed by atoms with Crippen LogP contribution < -0.4 is 0 Å². The molecule has 1 N–H and O–H groups in total. The van der Waals surface area contributed by atoms with Crippen LogP contribution in [-0.2, 0) is 24.5 Å². The molecule has 1 amide bonds. The lowest BCUT2D eigenvalue weighted by atomic mass is 10.1. The van der Waals surface area contributed by atoms with Gasteiger partial charge in [0.1, 0.15) is 0 Å². The third-order valence-electron chi connectivity index (χ3n) is 3.29. The van der Waals surface area contributed by atoms with Gasteiger partial charge in [-0.2, -0.15) is 5.10 Å². The number of carbonyl (C=O) groups excluding carboxylic acids is 1. The van der Waals surface area contributed by atoms with Crippen molar-refractivity contribution in [2.24, 2.45) is 0 Å². The van der Waals surface area contributed by atoms with Crippen LogP contribution in [0.5, 0.6) is 0 Å². The van der Waals surface area contributed by atoms with Crippen molar-refractivity contribution < 1.29 is 9.53 Å². The van der Waals surface area contributed by atoms with Gasteiger partial charge in [0.05, 0.1) is 19.4 Å². The van der Waals surface area contributed by atoms with Gasteiger partial charge < -0.3 is 9.64 Å². The molecule has 5 heteroatoms. The van der Waals surface area contributed by atoms with Gasteiger partial charge >= 0.3 is 0 Å². The lowest BCUT2D eigenvalue weighted by molar-refractivity contribution is 0.0785. The summed E-state index contributed by atoms with van der Waals surface area (Å²) < 4.78 is 5.36. The summed E-state index contributed by atoms with van der Waals surface area (Å²) in [6, 6.07) is 5.76. The summed E-state index contributed by atoms with van der Waals surface area (Å²) in [7, 11) is 1.79. The Hall–Kier alpha value is -2.14. The first-order valence-electron chi connectivity index (χ1n) is 6.17. The SMILES string of the molecule is CN(Cc1cn[nH]c1)C(=O)c1ccc2c(c1)COC2. The van der Waals surface area contributed by atoms with Gasteiger partial charge in [0.25, 0.3) is 5.91 Å². The van der Waals surface area contributed by atoms with Crippen molar-refractivity contribution in [3.05, 3.63) is 52.8 Å². The highest BCUT2D eigenvalue weighted by Crippen LogP contribution is 2.21. The molecule has 1 aliphatic rings. The quantitative estimate of drug-likeness (QED) is 0.910. The molecule has 3 rings (SSSR count). The molecule has 1 aromatic heterocycles. The van der Waals surface area contributed by atoms with E-state index >= 15 is 0 Å². The van der Waals surface area contributed by atoms with Gasteiger partial charge in [0, 0.05) is 30.9 Å². The highest BCUT2D eigenvalue weighted by Gasteiger charge is 2.17. The molecule has 0 atom stereocenters. The predicted octanol–water partition coefficient (Wildman–Crippen LogP) is 1.71. The Labute approximate surface area is 111 Å². The maximum atomic E-state index is 12.3. The number of hydrogen-bond acceptors (Lipinski definition) is 3. The molecule has 0 spiro atoms. The van der Waals surface area contributed by atoms with Crippen LogP contribution in [0.1, 0.15) is 27.0 Å². The van der Waals surface area contributed by atoms with Gasteiger partial charge in [0.15, 0.2) is 0 Å². The minimum Gasteiger partial charge on any atom is -0.372 e. The second-order valence-corrected chi connectivity index (χ2v) is 4.74. The standard InChI is InChI=1S/C14H15N3O2/c1-17(7-10-5-15-16-6-10)14(18)11-2-3-12-8-19-9-13(12)4-11/h2-6H,7-9H2,1H3,(H,15,16). The Bertz CT molecular complexity index is 593. The summed E-state index contributed by atoms with van der Waals surface area (Å²) in [4.78, 5) is 14.0. The maximum Gasteiger partial charge on any atom is 0.253 e. The molecule has 0 saturated heterocycles. The third-order valence-corrected chi connectivity index (χ3v) is 3.29. The second kappa shape index (κ2) is 4.85. The lowest BCUT2D eigenvalue weighted by Gasteiger charge is -2.16. The van der Waals surface area contributed by atoms with E-state index in [2.05, 4.69) is 10.2 Å². The number of fused-ring (bicyclic) bond motifs is 1. The van der Waals surface area contributed by atoms with E-state index in [4.69, 9.17) is 4.74 Å². The van der Waals surface area contributed by atoms with Crippen LogP contribution >= 0.6 is 0 Å². The van der Waals surface area contributed by atoms with Crippen molar-refractivity contribution in [1.82, 2.24) is 15.1 Å². The molecular weight excluding hydrogens is 242 g/mol. The molecule has 1 aliphatic heterocycles. The summed E-state index contributed by atoms with van der Waals surface area (Å²) in [6.07, 6.45) is 3.51. The summed E-state index contributed by atoms with van der Waals surface area (Å²) >= 11 is 0. The number of H-pyrrole nitrogens is 1. The average Bonchev–Trinajstić information content (AvgIpc) is 3.07. The number of amides is 1. The number of hydrogen-bond donors (Lipinski definition) is 1. The van der Waals surface area contributed by atoms with Crippen molar-refractivity contribution >= 4 is 5.91 Å². The third kappa shape index (κ3) is 2.37. The first-order chi connectivity index (χ1) is 9.24. The number of benzene rings is 1. The number of ether oxygens (including phenoxy) is 1. The maximum absolute atomic E-state index is 12.3. The first kappa shape index (κ1) is 11.9. The van der Waals surface area contributed by atoms with E-state index in [9.17, 15) is 4.79 Å². The van der Waals surface area contributed by atoms with Gasteiger partial charge in [-0.25, -0.2) is 0 Å². The number of aromatic nitrogens is 2. The summed E-state index contributed by atoms with van der Waals surface area (Å²) in [6.45, 7) is 1.79. The summed E-state index contributed by atoms with van der Waals surface area (Å²) in [5.41, 5.74) is 3.98. The molecule has 0 unspecified atom stereocenters. The van der Waals surface area contributed by atoms with Gasteiger partial charge in [0.2, 0.25) is 0 Å². The van der Waals surface area contributed by atoms with Crippen LogP contribution in [0.25, 0.3) is 0 Å². The molecule has 0 bridgehead atoms. The number of carbonyl (C=O) groups is 1. The summed E-state index contributed by atoms with van der Waals surface area (Å²) in [5, 5.41) is 6.62. The van der Waals surface area contributed by atoms with Crippen LogP contribution in [0.15, 0.2) is 30.6 Å². The molecule has 98 valence electrons. The van der Waals surface area contributed by atoms with Crippen LogP contribution in [-0.4, -0.2) is 28.1 Å². The topological polar surface area (TPSA) is 58.2 Å². The average molecular weight is 257 g/mol. The number of nitrogens with one attached hydrogen (secondary N) is 1. The van der Waals surface area contributed by atoms with Crippen molar-refractivity contribution in [1.29, 1.82) is 0 Å². The fourth-order valence-corrected chi connectivity index (χ4v) is 2.24. The Morgan fingerprint density at radius 2 is 2.26 bits per heavy atom. The molecule has 19 heavy (non-hydrogen) atoms. The molecule has 0 aliphatic carbocycles. The fourth-order valence-electron chi connectivity index (χ4n) is 2.24. The zero-order valence-corrected chi connectivity index (χ0v) is 10.7. The zero-order valence-electron chi connectivity index (χ0n) is 10.7. The van der Waals surface area contributed by atoms with E-state index in [1.165, 1.54) is 5.56 Å². The molecule has 0 fully saturated rings. The molecule has 2 aromatic rings. The smallest absolute Gasteiger partial charge is 0.253 e. The molecule has 2 heterocycles. The van der Waals surface area contributed by atoms with E-state index in [0.717, 1.165) is 11.1 Å². The Morgan fingerprint density at radius 1 is 1.42 bits per heavy atom. The lowest BCUT2D eigenvalue weighted by Crippen LogP contribution is -2.26. The highest BCUT2D eigenvalue weighted by molar-refractivity contribution is 5.94. The normalized spacial score (nSPS) is 13.3. The monoisotopic (exact) mass is 257 g/mol. The first-order valence-corrected chi connectivity index (χ1v) is 6.17. The van der Waals surface area contributed by atoms with E-state index in [0.29, 0.717) is 25.3 Å². The van der Waals surface area contributed by atoms with Crippen LogP contribution in [0.4, 0.5) is 0 Å². The van der Waals surface area contributed by atoms with Crippen LogP contribution in [0.3, 0.4) is 0 Å². The van der Waals surface area contributed by atoms with Crippen LogP contribution in [0.2, 0.25) is 0 Å². The van der Waals surface area contributed by atoms with Gasteiger partial charge in [-0.1, -0.05) is 6.07 Å². The van der Waals surface area contributed by atoms with Crippen molar-refractivity contribution in [2.75, 3.05) is 7.05 Å². The number of rotatable bonds is 3. The minimum absolute atomic E-state index is 0.0101. The van der Waals surface area contributed by atoms with Crippen molar-refractivity contribution in [3.63, 3.8) is 0 Å². The van der Waals surface area contributed by atoms with E-state index in [1.54, 1.807) is 24.3 Å². The van der Waals surface area contributed by atoms with Gasteiger partial charge in [-0.15, -0.1) is 0 Å². The minimum atomic E-state index is 0.0101. The van der Waals surface area contributed by atoms with Crippen molar-refractivity contribution in [3.8, 4) is 0 Å². The Balaban J connectivity index is 1.76. The van der Waals surface area contributed by atoms with E-state index in [-0.39, 0.29) is 5.91 Å². The number of aromatic amines is 1. The predicted molar refractivity (Wildman–Crippen MR) is 69.3 cm³/mol. The van der Waals surface area contributed by atoms with E-state index < -0.39 is 0 Å². The van der Waals surface area contributed by atoms with Gasteiger partial charge in [-0.05, 0) is 23.3 Å². The van der Waals surface area contributed by atoms with E-state index in [1.807, 2.05) is 18.2 Å². The Morgan fingerprint density at radius 3 is 3.05 bits per heavy atom. The van der Waals surface area contributed by atoms with Gasteiger partial charge in [-0.3, -0.25) is 9.89 Å². The molecular formula is C14H15N3O2. The largest absolute Gasteiger partial charge is 0.372 e. The Kier molecular flexibility index (Phi) is 3.05. The molecule has 5 nitrogen and oxygen atoms in total. The molecule has 0 radical (unpaired) electrons. The zero-order chi connectivity index (χ0) is 13.2. The van der Waals surface area contributed by atoms with Crippen molar-refractivity contribution in [2.45, 2.75) is 19.8 Å². The molecule has 0 saturated carbocycles. The molecule has 1 aromatic carbocycles. The second-order valence-electron chi connectivity index (χ2n) is 4.74. The highest BCUT2D eigenvalue weighted by atomic mass is 16.5. The number of nitrogens with zero attached hydrogens (tertiary/aromatic N) is 2. The van der Waals surface area contributed by atoms with Crippen LogP contribution in [0, 0.1) is 0 Å². The summed E-state index contributed by atoms with van der Waals surface area (Å²) in [5.74, 6) is 0.0101. The fraction of sp³-hybridized carbons (Fsp3) is 0.286.